The number of aromatic nitrogens is 2. The number of thioether (sulfide) groups is 1. The number of H-pyrrole nitrogens is 1. The Kier molecular flexibility index (Phi) is 3.99. The maximum Gasteiger partial charge on any atom is 0.335 e. The van der Waals surface area contributed by atoms with Gasteiger partial charge in [0.25, 0.3) is 0 Å². The van der Waals surface area contributed by atoms with E-state index in [1.165, 1.54) is 6.07 Å². The van der Waals surface area contributed by atoms with Crippen molar-refractivity contribution in [3.8, 4) is 0 Å². The maximum atomic E-state index is 12.0. The molecule has 0 bridgehead atoms. The van der Waals surface area contributed by atoms with Crippen LogP contribution in [0.4, 0.5) is 0 Å². The smallest absolute Gasteiger partial charge is 0.335 e. The Labute approximate surface area is 114 Å². The molecule has 0 aliphatic carbocycles. The van der Waals surface area contributed by atoms with Gasteiger partial charge >= 0.3 is 11.7 Å². The molecule has 102 valence electrons. The van der Waals surface area contributed by atoms with Crippen LogP contribution >= 0.6 is 11.8 Å². The third kappa shape index (κ3) is 2.68. The number of carbonyl (C=O) groups is 1. The zero-order valence-electron chi connectivity index (χ0n) is 10.8. The SMILES string of the molecule is CCSCC(C)n1c(=O)[nH]c2ccc(C(=O)O)cc21. The third-order valence-electron chi connectivity index (χ3n) is 2.97. The Morgan fingerprint density at radius 3 is 2.89 bits per heavy atom. The molecule has 0 spiro atoms. The molecular weight excluding hydrogens is 264 g/mol. The number of aromatic carboxylic acids is 1. The number of fused-ring (bicyclic) bond motifs is 1. The van der Waals surface area contributed by atoms with Crippen LogP contribution in [0.3, 0.4) is 0 Å². The van der Waals surface area contributed by atoms with E-state index in [1.54, 1.807) is 28.5 Å². The first-order chi connectivity index (χ1) is 9.04. The number of aromatic amines is 1. The van der Waals surface area contributed by atoms with Gasteiger partial charge in [-0.15, -0.1) is 0 Å². The monoisotopic (exact) mass is 280 g/mol. The number of benzene rings is 1. The first kappa shape index (κ1) is 13.7. The average molecular weight is 280 g/mol. The number of hydrogen-bond acceptors (Lipinski definition) is 3. The van der Waals surface area contributed by atoms with Gasteiger partial charge in [-0.1, -0.05) is 6.92 Å². The summed E-state index contributed by atoms with van der Waals surface area (Å²) in [6.45, 7) is 4.03. The van der Waals surface area contributed by atoms with Crippen molar-refractivity contribution in [2.24, 2.45) is 0 Å². The van der Waals surface area contributed by atoms with Gasteiger partial charge in [0, 0.05) is 11.8 Å². The minimum absolute atomic E-state index is 0.0234. The summed E-state index contributed by atoms with van der Waals surface area (Å²) in [4.78, 5) is 25.7. The molecule has 19 heavy (non-hydrogen) atoms. The lowest BCUT2D eigenvalue weighted by atomic mass is 10.2. The number of nitrogens with zero attached hydrogens (tertiary/aromatic N) is 1. The lowest BCUT2D eigenvalue weighted by Crippen LogP contribution is -2.22. The van der Waals surface area contributed by atoms with Crippen LogP contribution in [0.2, 0.25) is 0 Å². The van der Waals surface area contributed by atoms with Crippen molar-refractivity contribution in [1.82, 2.24) is 9.55 Å². The molecule has 0 saturated heterocycles. The van der Waals surface area contributed by atoms with Gasteiger partial charge in [0.15, 0.2) is 0 Å². The van der Waals surface area contributed by atoms with Crippen LogP contribution in [0, 0.1) is 0 Å². The number of hydrogen-bond donors (Lipinski definition) is 2. The van der Waals surface area contributed by atoms with Gasteiger partial charge in [0.1, 0.15) is 0 Å². The third-order valence-corrected chi connectivity index (χ3v) is 4.09. The van der Waals surface area contributed by atoms with Crippen molar-refractivity contribution < 1.29 is 9.90 Å². The molecule has 2 aromatic rings. The molecule has 0 aliphatic heterocycles. The molecule has 1 atom stereocenters. The van der Waals surface area contributed by atoms with Gasteiger partial charge in [-0.25, -0.2) is 9.59 Å². The lowest BCUT2D eigenvalue weighted by molar-refractivity contribution is 0.0697. The van der Waals surface area contributed by atoms with E-state index < -0.39 is 5.97 Å². The standard InChI is InChI=1S/C13H16N2O3S/c1-3-19-7-8(2)15-11-6-9(12(16)17)4-5-10(11)14-13(15)18/h4-6,8H,3,7H2,1-2H3,(H,14,18)(H,16,17). The predicted octanol–water partition coefficient (Wildman–Crippen LogP) is 2.34. The summed E-state index contributed by atoms with van der Waals surface area (Å²) in [6.07, 6.45) is 0. The summed E-state index contributed by atoms with van der Waals surface area (Å²) in [7, 11) is 0. The van der Waals surface area contributed by atoms with Crippen LogP contribution < -0.4 is 5.69 Å². The fourth-order valence-electron chi connectivity index (χ4n) is 2.06. The Morgan fingerprint density at radius 2 is 2.26 bits per heavy atom. The molecule has 1 heterocycles. The zero-order valence-corrected chi connectivity index (χ0v) is 11.7. The highest BCUT2D eigenvalue weighted by Gasteiger charge is 2.14. The summed E-state index contributed by atoms with van der Waals surface area (Å²) >= 11 is 1.75. The highest BCUT2D eigenvalue weighted by molar-refractivity contribution is 7.99. The van der Waals surface area contributed by atoms with Crippen molar-refractivity contribution in [3.05, 3.63) is 34.2 Å². The van der Waals surface area contributed by atoms with E-state index in [0.717, 1.165) is 11.5 Å². The second-order valence-electron chi connectivity index (χ2n) is 4.35. The average Bonchev–Trinajstić information content (AvgIpc) is 2.70. The van der Waals surface area contributed by atoms with Crippen LogP contribution in [0.1, 0.15) is 30.2 Å². The molecule has 0 saturated carbocycles. The molecule has 0 radical (unpaired) electrons. The maximum absolute atomic E-state index is 12.0. The minimum atomic E-state index is -0.988. The van der Waals surface area contributed by atoms with E-state index in [4.69, 9.17) is 5.11 Å². The number of carboxylic acids is 1. The van der Waals surface area contributed by atoms with Crippen LogP contribution in [0.25, 0.3) is 11.0 Å². The molecule has 2 N–H and O–H groups in total. The first-order valence-corrected chi connectivity index (χ1v) is 7.25. The summed E-state index contributed by atoms with van der Waals surface area (Å²) in [5.41, 5.74) is 1.31. The topological polar surface area (TPSA) is 75.1 Å². The Balaban J connectivity index is 2.52. The number of carboxylic acid groups (broad SMARTS) is 1. The lowest BCUT2D eigenvalue weighted by Gasteiger charge is -2.12. The van der Waals surface area contributed by atoms with Gasteiger partial charge in [0.05, 0.1) is 16.6 Å². The van der Waals surface area contributed by atoms with Crippen molar-refractivity contribution in [3.63, 3.8) is 0 Å². The fourth-order valence-corrected chi connectivity index (χ4v) is 2.78. The van der Waals surface area contributed by atoms with Crippen LogP contribution in [-0.4, -0.2) is 32.1 Å². The first-order valence-electron chi connectivity index (χ1n) is 6.10. The van der Waals surface area contributed by atoms with Gasteiger partial charge in [-0.2, -0.15) is 11.8 Å². The van der Waals surface area contributed by atoms with Crippen LogP contribution in [0.5, 0.6) is 0 Å². The van der Waals surface area contributed by atoms with Crippen molar-refractivity contribution in [1.29, 1.82) is 0 Å². The number of imidazole rings is 1. The summed E-state index contributed by atoms with van der Waals surface area (Å²) in [5.74, 6) is 0.820. The largest absolute Gasteiger partial charge is 0.478 e. The molecule has 0 fully saturated rings. The van der Waals surface area contributed by atoms with Crippen LogP contribution in [-0.2, 0) is 0 Å². The van der Waals surface area contributed by atoms with E-state index >= 15 is 0 Å². The van der Waals surface area contributed by atoms with Gasteiger partial charge in [0.2, 0.25) is 0 Å². The molecule has 5 nitrogen and oxygen atoms in total. The number of rotatable bonds is 5. The van der Waals surface area contributed by atoms with Gasteiger partial charge in [-0.3, -0.25) is 4.57 Å². The Morgan fingerprint density at radius 1 is 1.53 bits per heavy atom. The second-order valence-corrected chi connectivity index (χ2v) is 5.66. The number of nitrogens with one attached hydrogen (secondary N) is 1. The molecule has 2 rings (SSSR count). The zero-order chi connectivity index (χ0) is 14.0. The Hall–Kier alpha value is -1.69. The summed E-state index contributed by atoms with van der Waals surface area (Å²) < 4.78 is 1.63. The van der Waals surface area contributed by atoms with Crippen molar-refractivity contribution in [2.45, 2.75) is 19.9 Å². The minimum Gasteiger partial charge on any atom is -0.478 e. The van der Waals surface area contributed by atoms with E-state index in [1.807, 2.05) is 6.92 Å². The molecule has 1 aromatic carbocycles. The van der Waals surface area contributed by atoms with E-state index in [2.05, 4.69) is 11.9 Å². The fraction of sp³-hybridized carbons (Fsp3) is 0.385. The van der Waals surface area contributed by atoms with Gasteiger partial charge < -0.3 is 10.1 Å². The Bertz CT molecular complexity index is 659. The molecular formula is C13H16N2O3S. The summed E-state index contributed by atoms with van der Waals surface area (Å²) in [6, 6.07) is 4.70. The predicted molar refractivity (Wildman–Crippen MR) is 77.2 cm³/mol. The highest BCUT2D eigenvalue weighted by atomic mass is 32.2. The van der Waals surface area contributed by atoms with Crippen molar-refractivity contribution in [2.75, 3.05) is 11.5 Å². The summed E-state index contributed by atoms with van der Waals surface area (Å²) in [5, 5.41) is 9.02. The van der Waals surface area contributed by atoms with Gasteiger partial charge in [-0.05, 0) is 30.9 Å². The molecule has 1 aromatic heterocycles. The molecule has 1 unspecified atom stereocenters. The van der Waals surface area contributed by atoms with E-state index in [-0.39, 0.29) is 17.3 Å². The van der Waals surface area contributed by atoms with E-state index in [0.29, 0.717) is 11.0 Å². The quantitative estimate of drug-likeness (QED) is 0.881. The second kappa shape index (κ2) is 5.52. The molecule has 0 aliphatic rings. The highest BCUT2D eigenvalue weighted by Crippen LogP contribution is 2.19. The normalized spacial score (nSPS) is 12.7. The van der Waals surface area contributed by atoms with E-state index in [9.17, 15) is 9.59 Å². The molecule has 0 amide bonds. The van der Waals surface area contributed by atoms with Crippen LogP contribution in [0.15, 0.2) is 23.0 Å². The van der Waals surface area contributed by atoms with Crippen molar-refractivity contribution >= 4 is 28.8 Å². The molecule has 6 heteroatoms.